The molecule has 1 aliphatic rings. The smallest absolute Gasteiger partial charge is 0.381 e. The summed E-state index contributed by atoms with van der Waals surface area (Å²) in [5, 5.41) is 0. The number of hydrogen-bond acceptors (Lipinski definition) is 3. The Morgan fingerprint density at radius 1 is 1.18 bits per heavy atom. The summed E-state index contributed by atoms with van der Waals surface area (Å²) in [7, 11) is -4.19. The molecule has 1 fully saturated rings. The Balaban J connectivity index is 2.35. The van der Waals surface area contributed by atoms with Crippen molar-refractivity contribution in [2.45, 2.75) is 36.9 Å². The van der Waals surface area contributed by atoms with Gasteiger partial charge < -0.3 is 4.74 Å². The largest absolute Gasteiger partial charge is 0.402 e. The van der Waals surface area contributed by atoms with E-state index in [2.05, 4.69) is 0 Å². The molecular formula is C14H18F3NO3S. The maximum Gasteiger partial charge on any atom is 0.402 e. The minimum atomic E-state index is -4.59. The van der Waals surface area contributed by atoms with Crippen LogP contribution in [0.2, 0.25) is 0 Å². The van der Waals surface area contributed by atoms with Crippen LogP contribution >= 0.6 is 0 Å². The molecule has 8 heteroatoms. The van der Waals surface area contributed by atoms with Crippen molar-refractivity contribution in [2.75, 3.05) is 19.8 Å². The van der Waals surface area contributed by atoms with Crippen LogP contribution in [-0.2, 0) is 14.8 Å². The summed E-state index contributed by atoms with van der Waals surface area (Å²) in [6.45, 7) is 0.834. The Hall–Kier alpha value is -1.12. The molecule has 4 nitrogen and oxygen atoms in total. The lowest BCUT2D eigenvalue weighted by Gasteiger charge is -2.33. The van der Waals surface area contributed by atoms with E-state index in [1.807, 2.05) is 0 Å². The fourth-order valence-electron chi connectivity index (χ4n) is 2.41. The lowest BCUT2D eigenvalue weighted by molar-refractivity contribution is -0.141. The van der Waals surface area contributed by atoms with Crippen LogP contribution in [-0.4, -0.2) is 44.7 Å². The van der Waals surface area contributed by atoms with Crippen molar-refractivity contribution in [3.8, 4) is 0 Å². The number of sulfonamides is 1. The van der Waals surface area contributed by atoms with Gasteiger partial charge in [0.25, 0.3) is 0 Å². The van der Waals surface area contributed by atoms with Crippen LogP contribution in [0.1, 0.15) is 18.4 Å². The zero-order chi connectivity index (χ0) is 16.4. The van der Waals surface area contributed by atoms with E-state index in [4.69, 9.17) is 4.74 Å². The first-order valence-corrected chi connectivity index (χ1v) is 8.37. The van der Waals surface area contributed by atoms with E-state index in [9.17, 15) is 21.6 Å². The molecule has 1 saturated heterocycles. The van der Waals surface area contributed by atoms with Crippen LogP contribution in [0.4, 0.5) is 13.2 Å². The highest BCUT2D eigenvalue weighted by Gasteiger charge is 2.41. The number of benzene rings is 1. The molecule has 0 amide bonds. The minimum Gasteiger partial charge on any atom is -0.381 e. The van der Waals surface area contributed by atoms with Gasteiger partial charge >= 0.3 is 6.18 Å². The molecule has 1 heterocycles. The second kappa shape index (κ2) is 6.55. The average Bonchev–Trinajstić information content (AvgIpc) is 2.45. The van der Waals surface area contributed by atoms with Crippen LogP contribution in [0.3, 0.4) is 0 Å². The molecule has 0 aromatic heterocycles. The fourth-order valence-corrected chi connectivity index (χ4v) is 4.08. The molecule has 1 aliphatic heterocycles. The Bertz CT molecular complexity index is 593. The molecule has 0 aliphatic carbocycles. The van der Waals surface area contributed by atoms with E-state index in [0.717, 1.165) is 5.56 Å². The van der Waals surface area contributed by atoms with E-state index in [0.29, 0.717) is 4.31 Å². The number of alkyl halides is 3. The third kappa shape index (κ3) is 4.21. The molecule has 1 aromatic carbocycles. The van der Waals surface area contributed by atoms with Crippen molar-refractivity contribution in [3.63, 3.8) is 0 Å². The molecule has 0 saturated carbocycles. The van der Waals surface area contributed by atoms with Gasteiger partial charge in [-0.05, 0) is 31.9 Å². The van der Waals surface area contributed by atoms with Gasteiger partial charge in [-0.1, -0.05) is 17.7 Å². The van der Waals surface area contributed by atoms with Gasteiger partial charge in [-0.25, -0.2) is 8.42 Å². The highest BCUT2D eigenvalue weighted by Crippen LogP contribution is 2.28. The number of rotatable bonds is 4. The Kier molecular flexibility index (Phi) is 5.14. The van der Waals surface area contributed by atoms with E-state index >= 15 is 0 Å². The topological polar surface area (TPSA) is 46.6 Å². The van der Waals surface area contributed by atoms with Crippen LogP contribution in [0, 0.1) is 6.92 Å². The monoisotopic (exact) mass is 337 g/mol. The number of nitrogens with zero attached hydrogens (tertiary/aromatic N) is 1. The summed E-state index contributed by atoms with van der Waals surface area (Å²) in [6.07, 6.45) is -4.06. The zero-order valence-corrected chi connectivity index (χ0v) is 13.0. The van der Waals surface area contributed by atoms with Crippen molar-refractivity contribution < 1.29 is 26.3 Å². The van der Waals surface area contributed by atoms with E-state index in [1.165, 1.54) is 12.1 Å². The molecule has 0 unspecified atom stereocenters. The first-order chi connectivity index (χ1) is 10.2. The van der Waals surface area contributed by atoms with Gasteiger partial charge in [0.1, 0.15) is 6.54 Å². The Morgan fingerprint density at radius 2 is 1.73 bits per heavy atom. The molecule has 22 heavy (non-hydrogen) atoms. The van der Waals surface area contributed by atoms with Crippen LogP contribution in [0.25, 0.3) is 0 Å². The quantitative estimate of drug-likeness (QED) is 0.849. The summed E-state index contributed by atoms with van der Waals surface area (Å²) in [5.41, 5.74) is 0.840. The van der Waals surface area contributed by atoms with Gasteiger partial charge in [0.05, 0.1) is 4.90 Å². The summed E-state index contributed by atoms with van der Waals surface area (Å²) < 4.78 is 69.4. The van der Waals surface area contributed by atoms with Crippen LogP contribution in [0.5, 0.6) is 0 Å². The molecule has 0 N–H and O–H groups in total. The van der Waals surface area contributed by atoms with Crippen molar-refractivity contribution >= 4 is 10.0 Å². The summed E-state index contributed by atoms with van der Waals surface area (Å²) in [4.78, 5) is -0.117. The first-order valence-electron chi connectivity index (χ1n) is 6.93. The van der Waals surface area contributed by atoms with E-state index < -0.39 is 28.8 Å². The lowest BCUT2D eigenvalue weighted by atomic mass is 10.1. The molecule has 0 radical (unpaired) electrons. The maximum atomic E-state index is 12.8. The van der Waals surface area contributed by atoms with Crippen molar-refractivity contribution in [3.05, 3.63) is 29.8 Å². The van der Waals surface area contributed by atoms with E-state index in [1.54, 1.807) is 19.1 Å². The lowest BCUT2D eigenvalue weighted by Crippen LogP contribution is -2.47. The van der Waals surface area contributed by atoms with Gasteiger partial charge in [0.15, 0.2) is 0 Å². The highest BCUT2D eigenvalue weighted by molar-refractivity contribution is 7.89. The molecule has 0 bridgehead atoms. The second-order valence-corrected chi connectivity index (χ2v) is 7.21. The zero-order valence-electron chi connectivity index (χ0n) is 12.1. The second-order valence-electron chi connectivity index (χ2n) is 5.32. The van der Waals surface area contributed by atoms with Crippen molar-refractivity contribution in [1.29, 1.82) is 0 Å². The third-order valence-corrected chi connectivity index (χ3v) is 5.47. The minimum absolute atomic E-state index is 0.117. The average molecular weight is 337 g/mol. The molecule has 0 atom stereocenters. The van der Waals surface area contributed by atoms with Gasteiger partial charge in [0, 0.05) is 19.3 Å². The normalized spacial score (nSPS) is 17.9. The number of hydrogen-bond donors (Lipinski definition) is 0. The number of halogens is 3. The fraction of sp³-hybridized carbons (Fsp3) is 0.571. The summed E-state index contributed by atoms with van der Waals surface area (Å²) in [5.74, 6) is 0. The Morgan fingerprint density at radius 3 is 2.23 bits per heavy atom. The summed E-state index contributed by atoms with van der Waals surface area (Å²) >= 11 is 0. The van der Waals surface area contributed by atoms with Crippen LogP contribution in [0.15, 0.2) is 29.2 Å². The first kappa shape index (κ1) is 17.2. The number of aryl methyl sites for hydroxylation is 1. The third-order valence-electron chi connectivity index (χ3n) is 3.56. The maximum absolute atomic E-state index is 12.8. The highest BCUT2D eigenvalue weighted by atomic mass is 32.2. The standard InChI is InChI=1S/C14H18F3NO3S/c1-11-2-4-13(5-3-11)22(19,20)18(10-14(15,16)17)12-6-8-21-9-7-12/h2-5,12H,6-10H2,1H3. The molecular weight excluding hydrogens is 319 g/mol. The van der Waals surface area contributed by atoms with Crippen LogP contribution < -0.4 is 0 Å². The van der Waals surface area contributed by atoms with E-state index in [-0.39, 0.29) is 31.0 Å². The molecule has 124 valence electrons. The predicted octanol–water partition coefficient (Wildman–Crippen LogP) is 2.73. The van der Waals surface area contributed by atoms with Gasteiger partial charge in [-0.3, -0.25) is 0 Å². The SMILES string of the molecule is Cc1ccc(S(=O)(=O)N(CC(F)(F)F)C2CCOCC2)cc1. The Labute approximate surface area is 127 Å². The number of ether oxygens (including phenoxy) is 1. The van der Waals surface area contributed by atoms with Crippen molar-refractivity contribution in [1.82, 2.24) is 4.31 Å². The van der Waals surface area contributed by atoms with Crippen molar-refractivity contribution in [2.24, 2.45) is 0 Å². The molecule has 0 spiro atoms. The predicted molar refractivity (Wildman–Crippen MR) is 75.0 cm³/mol. The molecule has 1 aromatic rings. The summed E-state index contributed by atoms with van der Waals surface area (Å²) in [6, 6.07) is 5.13. The van der Waals surface area contributed by atoms with Gasteiger partial charge in [-0.2, -0.15) is 17.5 Å². The van der Waals surface area contributed by atoms with Gasteiger partial charge in [0.2, 0.25) is 10.0 Å². The van der Waals surface area contributed by atoms with Gasteiger partial charge in [-0.15, -0.1) is 0 Å². The molecule has 2 rings (SSSR count).